The van der Waals surface area contributed by atoms with Crippen LogP contribution in [0.5, 0.6) is 0 Å². The smallest absolute Gasteiger partial charge is 0.336 e. The monoisotopic (exact) mass is 497 g/mol. The summed E-state index contributed by atoms with van der Waals surface area (Å²) < 4.78 is 42.3. The first-order valence-electron chi connectivity index (χ1n) is 11.9. The second kappa shape index (κ2) is 9.52. The van der Waals surface area contributed by atoms with Crippen LogP contribution in [0.25, 0.3) is 16.5 Å². The van der Waals surface area contributed by atoms with Crippen LogP contribution in [0.3, 0.4) is 0 Å². The van der Waals surface area contributed by atoms with Gasteiger partial charge in [0.05, 0.1) is 29.0 Å². The molecule has 9 heteroatoms. The summed E-state index contributed by atoms with van der Waals surface area (Å²) in [5.41, 5.74) is 3.13. The molecule has 0 spiro atoms. The number of aromatic nitrogens is 3. The highest BCUT2D eigenvalue weighted by molar-refractivity contribution is 5.82. The van der Waals surface area contributed by atoms with E-state index in [4.69, 9.17) is 4.99 Å². The number of halogens is 3. The van der Waals surface area contributed by atoms with Crippen LogP contribution in [0.15, 0.2) is 41.5 Å². The van der Waals surface area contributed by atoms with Gasteiger partial charge in [-0.25, -0.2) is 4.98 Å². The van der Waals surface area contributed by atoms with Crippen molar-refractivity contribution in [1.82, 2.24) is 19.4 Å². The lowest BCUT2D eigenvalue weighted by Crippen LogP contribution is -2.39. The summed E-state index contributed by atoms with van der Waals surface area (Å²) in [4.78, 5) is 27.8. The maximum absolute atomic E-state index is 13.5. The molecule has 6 nitrogen and oxygen atoms in total. The summed E-state index contributed by atoms with van der Waals surface area (Å²) in [6, 6.07) is 5.55. The fourth-order valence-electron chi connectivity index (χ4n) is 4.86. The highest BCUT2D eigenvalue weighted by Gasteiger charge is 2.33. The Bertz CT molecular complexity index is 1440. The van der Waals surface area contributed by atoms with E-state index in [9.17, 15) is 18.0 Å². The predicted molar refractivity (Wildman–Crippen MR) is 133 cm³/mol. The van der Waals surface area contributed by atoms with Crippen LogP contribution in [0.2, 0.25) is 0 Å². The molecule has 1 aliphatic rings. The SMILES string of the molecule is CC(=O)N1CCC(c2cc3/c(=N/[C@H](C)c4cccc(C(F)(F)F)c4C)nc(C)n(C)c3cn2)=CC1C. The summed E-state index contributed by atoms with van der Waals surface area (Å²) in [5.74, 6) is 0.752. The normalized spacial score (nSPS) is 17.9. The number of carbonyl (C=O) groups is 1. The number of hydrogen-bond donors (Lipinski definition) is 0. The molecule has 3 heterocycles. The van der Waals surface area contributed by atoms with Crippen molar-refractivity contribution in [2.45, 2.75) is 59.3 Å². The number of hydrogen-bond acceptors (Lipinski definition) is 4. The molecule has 36 heavy (non-hydrogen) atoms. The van der Waals surface area contributed by atoms with E-state index in [0.29, 0.717) is 29.8 Å². The lowest BCUT2D eigenvalue weighted by molar-refractivity contribution is -0.138. The van der Waals surface area contributed by atoms with E-state index in [2.05, 4.69) is 9.97 Å². The molecular formula is C27H30F3N5O. The lowest BCUT2D eigenvalue weighted by atomic mass is 9.97. The topological polar surface area (TPSA) is 63.4 Å². The van der Waals surface area contributed by atoms with Crippen LogP contribution in [-0.2, 0) is 18.0 Å². The number of amides is 1. The Hall–Kier alpha value is -3.49. The third-order valence-electron chi connectivity index (χ3n) is 6.97. The van der Waals surface area contributed by atoms with Gasteiger partial charge in [-0.15, -0.1) is 0 Å². The molecule has 2 aromatic heterocycles. The van der Waals surface area contributed by atoms with Crippen LogP contribution in [0, 0.1) is 13.8 Å². The Morgan fingerprint density at radius 2 is 1.97 bits per heavy atom. The molecule has 1 amide bonds. The third kappa shape index (κ3) is 4.79. The number of aryl methyl sites for hydroxylation is 2. The minimum atomic E-state index is -4.43. The van der Waals surface area contributed by atoms with E-state index in [1.165, 1.54) is 13.0 Å². The Labute approximate surface area is 208 Å². The van der Waals surface area contributed by atoms with Crippen LogP contribution in [-0.4, -0.2) is 37.9 Å². The van der Waals surface area contributed by atoms with Gasteiger partial charge in [0.15, 0.2) is 5.49 Å². The van der Waals surface area contributed by atoms with E-state index < -0.39 is 17.8 Å². The Morgan fingerprint density at radius 3 is 2.61 bits per heavy atom. The van der Waals surface area contributed by atoms with Gasteiger partial charge >= 0.3 is 6.18 Å². The fourth-order valence-corrected chi connectivity index (χ4v) is 4.86. The van der Waals surface area contributed by atoms with E-state index in [-0.39, 0.29) is 17.5 Å². The molecule has 1 aromatic carbocycles. The van der Waals surface area contributed by atoms with Gasteiger partial charge in [0.1, 0.15) is 5.82 Å². The molecule has 1 aliphatic heterocycles. The zero-order valence-corrected chi connectivity index (χ0v) is 21.3. The highest BCUT2D eigenvalue weighted by atomic mass is 19.4. The number of nitrogens with zero attached hydrogens (tertiary/aromatic N) is 5. The maximum Gasteiger partial charge on any atom is 0.416 e. The van der Waals surface area contributed by atoms with Gasteiger partial charge in [-0.2, -0.15) is 13.2 Å². The zero-order valence-electron chi connectivity index (χ0n) is 21.3. The average Bonchev–Trinajstić information content (AvgIpc) is 2.81. The average molecular weight is 498 g/mol. The lowest BCUT2D eigenvalue weighted by Gasteiger charge is -2.31. The second-order valence-electron chi connectivity index (χ2n) is 9.35. The molecule has 190 valence electrons. The Balaban J connectivity index is 1.84. The minimum Gasteiger partial charge on any atom is -0.336 e. The van der Waals surface area contributed by atoms with E-state index in [1.807, 2.05) is 42.5 Å². The molecule has 0 saturated heterocycles. The van der Waals surface area contributed by atoms with E-state index >= 15 is 0 Å². The third-order valence-corrected chi connectivity index (χ3v) is 6.97. The molecule has 4 rings (SSSR count). The molecule has 0 fully saturated rings. The molecule has 3 aromatic rings. The van der Waals surface area contributed by atoms with Gasteiger partial charge in [0.2, 0.25) is 5.91 Å². The standard InChI is InChI=1S/C27H30F3N5O/c1-15-12-20(10-11-35(15)19(5)36)24-13-22-25(14-31-24)34(6)18(4)33-26(22)32-17(3)21-8-7-9-23(16(21)2)27(28,29)30/h7-9,12-15,17H,10-11H2,1-6H3/b32-26-/t15?,17-/m1/s1. The van der Waals surface area contributed by atoms with Crippen molar-refractivity contribution in [3.8, 4) is 0 Å². The van der Waals surface area contributed by atoms with Crippen molar-refractivity contribution in [3.05, 3.63) is 70.2 Å². The number of alkyl halides is 3. The van der Waals surface area contributed by atoms with Gasteiger partial charge in [-0.1, -0.05) is 18.2 Å². The van der Waals surface area contributed by atoms with E-state index in [0.717, 1.165) is 28.2 Å². The van der Waals surface area contributed by atoms with Crippen molar-refractivity contribution in [2.75, 3.05) is 6.54 Å². The molecule has 2 atom stereocenters. The van der Waals surface area contributed by atoms with Gasteiger partial charge in [0.25, 0.3) is 0 Å². The highest BCUT2D eigenvalue weighted by Crippen LogP contribution is 2.35. The summed E-state index contributed by atoms with van der Waals surface area (Å²) in [6.45, 7) is 9.28. The number of pyridine rings is 1. The second-order valence-corrected chi connectivity index (χ2v) is 9.35. The van der Waals surface area contributed by atoms with Crippen LogP contribution >= 0.6 is 0 Å². The molecule has 0 saturated carbocycles. The van der Waals surface area contributed by atoms with Gasteiger partial charge < -0.3 is 9.47 Å². The maximum atomic E-state index is 13.5. The molecule has 0 bridgehead atoms. The van der Waals surface area contributed by atoms with Crippen LogP contribution in [0.4, 0.5) is 13.2 Å². The van der Waals surface area contributed by atoms with Gasteiger partial charge in [-0.3, -0.25) is 14.8 Å². The fraction of sp³-hybridized carbons (Fsp3) is 0.407. The molecular weight excluding hydrogens is 467 g/mol. The number of benzene rings is 1. The summed E-state index contributed by atoms with van der Waals surface area (Å²) in [5, 5.41) is 0.770. The first-order chi connectivity index (χ1) is 16.9. The van der Waals surface area contributed by atoms with Crippen molar-refractivity contribution in [2.24, 2.45) is 12.0 Å². The molecule has 1 unspecified atom stereocenters. The molecule has 0 aliphatic carbocycles. The number of carbonyl (C=O) groups excluding carboxylic acids is 1. The van der Waals surface area contributed by atoms with Gasteiger partial charge in [0, 0.05) is 31.9 Å². The predicted octanol–water partition coefficient (Wildman–Crippen LogP) is 5.29. The number of fused-ring (bicyclic) bond motifs is 1. The van der Waals surface area contributed by atoms with Crippen LogP contribution in [0.1, 0.15) is 61.4 Å². The largest absolute Gasteiger partial charge is 0.416 e. The van der Waals surface area contributed by atoms with Crippen molar-refractivity contribution < 1.29 is 18.0 Å². The Morgan fingerprint density at radius 1 is 1.25 bits per heavy atom. The molecule has 0 radical (unpaired) electrons. The Kier molecular flexibility index (Phi) is 6.77. The zero-order chi connectivity index (χ0) is 26.4. The minimum absolute atomic E-state index is 0.0379. The summed E-state index contributed by atoms with van der Waals surface area (Å²) in [7, 11) is 1.89. The first-order valence-corrected chi connectivity index (χ1v) is 11.9. The quantitative estimate of drug-likeness (QED) is 0.494. The van der Waals surface area contributed by atoms with Crippen molar-refractivity contribution >= 4 is 22.4 Å². The summed E-state index contributed by atoms with van der Waals surface area (Å²) in [6.07, 6.45) is 0.0823. The summed E-state index contributed by atoms with van der Waals surface area (Å²) >= 11 is 0. The van der Waals surface area contributed by atoms with Gasteiger partial charge in [-0.05, 0) is 62.9 Å². The number of rotatable bonds is 3. The first kappa shape index (κ1) is 25.6. The van der Waals surface area contributed by atoms with Crippen molar-refractivity contribution in [1.29, 1.82) is 0 Å². The van der Waals surface area contributed by atoms with Crippen LogP contribution < -0.4 is 5.49 Å². The molecule has 0 N–H and O–H groups in total. The van der Waals surface area contributed by atoms with Crippen molar-refractivity contribution in [3.63, 3.8) is 0 Å². The van der Waals surface area contributed by atoms with E-state index in [1.54, 1.807) is 26.1 Å².